The molecule has 4 N–H and O–H groups in total. The van der Waals surface area contributed by atoms with Crippen molar-refractivity contribution in [3.05, 3.63) is 40.0 Å². The zero-order valence-corrected chi connectivity index (χ0v) is 16.9. The molecule has 2 aromatic rings. The number of benzene rings is 1. The van der Waals surface area contributed by atoms with Gasteiger partial charge >= 0.3 is 0 Å². The van der Waals surface area contributed by atoms with Gasteiger partial charge in [-0.25, -0.2) is 12.8 Å². The lowest BCUT2D eigenvalue weighted by molar-refractivity contribution is 0.507. The number of nitrogens with zero attached hydrogens (tertiary/aromatic N) is 1. The summed E-state index contributed by atoms with van der Waals surface area (Å²) in [5.41, 5.74) is 10.8. The van der Waals surface area contributed by atoms with Gasteiger partial charge in [-0.15, -0.1) is 11.3 Å². The third kappa shape index (κ3) is 2.80. The molecule has 0 fully saturated rings. The molecule has 5 nitrogen and oxygen atoms in total. The van der Waals surface area contributed by atoms with Gasteiger partial charge in [-0.05, 0) is 32.9 Å². The average molecular weight is 416 g/mol. The molecule has 0 bridgehead atoms. The molecule has 1 aliphatic rings. The lowest BCUT2D eigenvalue weighted by Crippen LogP contribution is -2.54. The number of hydrogen-bond acceptors (Lipinski definition) is 6. The first-order valence-electron chi connectivity index (χ1n) is 7.81. The summed E-state index contributed by atoms with van der Waals surface area (Å²) in [4.78, 5) is 5.54. The molecule has 2 heterocycles. The van der Waals surface area contributed by atoms with Crippen molar-refractivity contribution in [2.75, 3.05) is 11.5 Å². The van der Waals surface area contributed by atoms with Crippen molar-refractivity contribution in [2.24, 2.45) is 10.7 Å². The van der Waals surface area contributed by atoms with Crippen LogP contribution in [0.25, 0.3) is 10.4 Å². The SMILES string of the molecule is CC1(C)C(N)=N[C@](C)(c2sc(-c3cccc(N)c3F)cc2Cl)CS1(=O)=O. The Morgan fingerprint density at radius 3 is 2.54 bits per heavy atom. The number of nitrogen functional groups attached to an aromatic ring is 1. The van der Waals surface area contributed by atoms with Crippen LogP contribution in [-0.4, -0.2) is 24.8 Å². The second-order valence-corrected chi connectivity index (χ2v) is 11.0. The van der Waals surface area contributed by atoms with Gasteiger partial charge in [0.2, 0.25) is 0 Å². The molecule has 0 radical (unpaired) electrons. The molecular weight excluding hydrogens is 397 g/mol. The Bertz CT molecular complexity index is 1030. The third-order valence-corrected chi connectivity index (χ3v) is 9.24. The van der Waals surface area contributed by atoms with E-state index in [1.807, 2.05) is 0 Å². The van der Waals surface area contributed by atoms with Gasteiger partial charge in [0.1, 0.15) is 16.1 Å². The van der Waals surface area contributed by atoms with E-state index >= 15 is 0 Å². The van der Waals surface area contributed by atoms with Crippen molar-refractivity contribution in [3.63, 3.8) is 0 Å². The zero-order valence-electron chi connectivity index (χ0n) is 14.5. The molecule has 140 valence electrons. The fraction of sp³-hybridized carbons (Fsp3) is 0.353. The summed E-state index contributed by atoms with van der Waals surface area (Å²) >= 11 is 7.56. The van der Waals surface area contributed by atoms with Gasteiger partial charge in [-0.2, -0.15) is 0 Å². The van der Waals surface area contributed by atoms with Crippen LogP contribution < -0.4 is 11.5 Å². The van der Waals surface area contributed by atoms with Gasteiger partial charge in [-0.1, -0.05) is 23.7 Å². The molecule has 1 aromatic carbocycles. The molecule has 1 aromatic heterocycles. The molecule has 1 atom stereocenters. The van der Waals surface area contributed by atoms with Gasteiger partial charge < -0.3 is 11.5 Å². The summed E-state index contributed by atoms with van der Waals surface area (Å²) in [6.07, 6.45) is 0. The van der Waals surface area contributed by atoms with Gasteiger partial charge in [0.05, 0.1) is 21.3 Å². The van der Waals surface area contributed by atoms with Gasteiger partial charge in [0.15, 0.2) is 15.7 Å². The highest BCUT2D eigenvalue weighted by Gasteiger charge is 2.49. The maximum atomic E-state index is 14.3. The van der Waals surface area contributed by atoms with Crippen molar-refractivity contribution in [3.8, 4) is 10.4 Å². The van der Waals surface area contributed by atoms with Crippen LogP contribution in [0.2, 0.25) is 5.02 Å². The smallest absolute Gasteiger partial charge is 0.165 e. The Balaban J connectivity index is 2.16. The quantitative estimate of drug-likeness (QED) is 0.732. The van der Waals surface area contributed by atoms with Gasteiger partial charge in [0, 0.05) is 10.4 Å². The summed E-state index contributed by atoms with van der Waals surface area (Å²) in [5.74, 6) is -0.734. The second kappa shape index (κ2) is 5.94. The minimum absolute atomic E-state index is 0.0315. The highest BCUT2D eigenvalue weighted by Crippen LogP contribution is 2.46. The number of halogens is 2. The van der Waals surface area contributed by atoms with Crippen molar-refractivity contribution in [1.29, 1.82) is 0 Å². The highest BCUT2D eigenvalue weighted by atomic mass is 35.5. The molecule has 0 saturated carbocycles. The topological polar surface area (TPSA) is 98.5 Å². The normalized spacial score (nSPS) is 24.3. The molecular formula is C17H19ClFN3O2S2. The van der Waals surface area contributed by atoms with E-state index in [4.69, 9.17) is 23.1 Å². The number of thiophene rings is 1. The number of amidine groups is 1. The molecule has 1 aliphatic heterocycles. The lowest BCUT2D eigenvalue weighted by Gasteiger charge is -2.37. The summed E-state index contributed by atoms with van der Waals surface area (Å²) in [6.45, 7) is 4.73. The van der Waals surface area contributed by atoms with Crippen LogP contribution in [0.15, 0.2) is 29.3 Å². The molecule has 0 amide bonds. The first kappa shape index (κ1) is 19.1. The van der Waals surface area contributed by atoms with Crippen molar-refractivity contribution in [1.82, 2.24) is 0 Å². The summed E-state index contributed by atoms with van der Waals surface area (Å²) < 4.78 is 38.5. The fourth-order valence-corrected chi connectivity index (χ4v) is 6.28. The summed E-state index contributed by atoms with van der Waals surface area (Å²) in [7, 11) is -3.55. The van der Waals surface area contributed by atoms with Crippen LogP contribution in [0.5, 0.6) is 0 Å². The number of hydrogen-bond donors (Lipinski definition) is 2. The number of anilines is 1. The maximum absolute atomic E-state index is 14.3. The van der Waals surface area contributed by atoms with Crippen LogP contribution in [0.4, 0.5) is 10.1 Å². The predicted octanol–water partition coefficient (Wildman–Crippen LogP) is 3.57. The molecule has 9 heteroatoms. The number of rotatable bonds is 2. The first-order valence-corrected chi connectivity index (χ1v) is 10.7. The van der Waals surface area contributed by atoms with Crippen LogP contribution in [-0.2, 0) is 15.4 Å². The Morgan fingerprint density at radius 2 is 1.92 bits per heavy atom. The van der Waals surface area contributed by atoms with Crippen molar-refractivity contribution >= 4 is 44.3 Å². The number of aliphatic imine (C=N–C) groups is 1. The van der Waals surface area contributed by atoms with Crippen molar-refractivity contribution in [2.45, 2.75) is 31.1 Å². The standard InChI is InChI=1S/C17H19ClFN3O2S2/c1-16(2)15(21)22-17(3,8-26(16,23)24)14-10(18)7-12(25-14)9-5-4-6-11(20)13(9)19/h4-7H,8,20H2,1-3H3,(H2,21,22)/t17-/m0/s1. The minimum Gasteiger partial charge on any atom is -0.396 e. The largest absolute Gasteiger partial charge is 0.396 e. The first-order chi connectivity index (χ1) is 11.9. The third-order valence-electron chi connectivity index (χ3n) is 4.70. The predicted molar refractivity (Wildman–Crippen MR) is 106 cm³/mol. The molecule has 0 spiro atoms. The van der Waals surface area contributed by atoms with E-state index in [-0.39, 0.29) is 17.3 Å². The van der Waals surface area contributed by atoms with E-state index in [2.05, 4.69) is 4.99 Å². The molecule has 0 saturated heterocycles. The molecule has 3 rings (SSSR count). The van der Waals surface area contributed by atoms with Gasteiger partial charge in [-0.3, -0.25) is 4.99 Å². The van der Waals surface area contributed by atoms with E-state index in [9.17, 15) is 12.8 Å². The van der Waals surface area contributed by atoms with Gasteiger partial charge in [0.25, 0.3) is 0 Å². The fourth-order valence-electron chi connectivity index (χ4n) is 2.87. The number of nitrogens with two attached hydrogens (primary N) is 2. The summed E-state index contributed by atoms with van der Waals surface area (Å²) in [6, 6.07) is 6.31. The van der Waals surface area contributed by atoms with E-state index < -0.39 is 25.9 Å². The van der Waals surface area contributed by atoms with E-state index in [1.165, 1.54) is 31.3 Å². The minimum atomic E-state index is -3.55. The molecule has 26 heavy (non-hydrogen) atoms. The van der Waals surface area contributed by atoms with Crippen LogP contribution >= 0.6 is 22.9 Å². The Hall–Kier alpha value is -1.64. The molecule has 0 unspecified atom stereocenters. The lowest BCUT2D eigenvalue weighted by atomic mass is 10.0. The average Bonchev–Trinajstić information content (AvgIpc) is 2.90. The Labute approximate surface area is 160 Å². The van der Waals surface area contributed by atoms with Crippen LogP contribution in [0.3, 0.4) is 0 Å². The zero-order chi connectivity index (χ0) is 19.5. The monoisotopic (exact) mass is 415 g/mol. The maximum Gasteiger partial charge on any atom is 0.165 e. The van der Waals surface area contributed by atoms with Crippen LogP contribution in [0, 0.1) is 5.82 Å². The Kier molecular flexibility index (Phi) is 4.37. The number of sulfone groups is 1. The van der Waals surface area contributed by atoms with E-state index in [0.717, 1.165) is 0 Å². The Morgan fingerprint density at radius 1 is 1.27 bits per heavy atom. The summed E-state index contributed by atoms with van der Waals surface area (Å²) in [5, 5.41) is 0.320. The van der Waals surface area contributed by atoms with E-state index in [1.54, 1.807) is 25.1 Å². The highest BCUT2D eigenvalue weighted by molar-refractivity contribution is 7.93. The van der Waals surface area contributed by atoms with E-state index in [0.29, 0.717) is 20.3 Å². The van der Waals surface area contributed by atoms with Crippen LogP contribution in [0.1, 0.15) is 25.6 Å². The van der Waals surface area contributed by atoms with Crippen molar-refractivity contribution < 1.29 is 12.8 Å². The molecule has 0 aliphatic carbocycles. The second-order valence-electron chi connectivity index (χ2n) is 7.04.